The predicted octanol–water partition coefficient (Wildman–Crippen LogP) is 3.95. The van der Waals surface area contributed by atoms with Gasteiger partial charge >= 0.3 is 0 Å². The summed E-state index contributed by atoms with van der Waals surface area (Å²) in [5.41, 5.74) is -1.76. The molecule has 9 heteroatoms. The van der Waals surface area contributed by atoms with Crippen LogP contribution in [-0.2, 0) is 19.1 Å². The van der Waals surface area contributed by atoms with Gasteiger partial charge in [-0.15, -0.1) is 0 Å². The third-order valence-corrected chi connectivity index (χ3v) is 9.57. The van der Waals surface area contributed by atoms with Crippen molar-refractivity contribution in [2.24, 2.45) is 17.8 Å². The number of rotatable bonds is 10. The number of hydrogen-bond donors (Lipinski definition) is 1. The lowest BCUT2D eigenvalue weighted by molar-refractivity contribution is -0.155. The highest BCUT2D eigenvalue weighted by Crippen LogP contribution is 2.58. The first-order valence-corrected chi connectivity index (χ1v) is 15.9. The van der Waals surface area contributed by atoms with E-state index >= 15 is 0 Å². The number of nitrogens with zero attached hydrogens (tertiary/aromatic N) is 3. The van der Waals surface area contributed by atoms with Crippen molar-refractivity contribution < 1.29 is 29.0 Å². The zero-order chi connectivity index (χ0) is 31.1. The molecule has 5 rings (SSSR count). The minimum Gasteiger partial charge on any atom is -0.494 e. The summed E-state index contributed by atoms with van der Waals surface area (Å²) in [5, 5.41) is 10.6. The maximum atomic E-state index is 14.7. The quantitative estimate of drug-likeness (QED) is 0.413. The lowest BCUT2D eigenvalue weighted by Gasteiger charge is -2.41. The van der Waals surface area contributed by atoms with Gasteiger partial charge in [-0.1, -0.05) is 51.5 Å². The first-order valence-electron chi connectivity index (χ1n) is 15.9. The van der Waals surface area contributed by atoms with Gasteiger partial charge in [0, 0.05) is 24.8 Å². The fourth-order valence-corrected chi connectivity index (χ4v) is 7.78. The smallest absolute Gasteiger partial charge is 0.249 e. The summed E-state index contributed by atoms with van der Waals surface area (Å²) >= 11 is 0. The molecule has 9 nitrogen and oxygen atoms in total. The second-order valence-electron chi connectivity index (χ2n) is 13.0. The van der Waals surface area contributed by atoms with Gasteiger partial charge in [0.2, 0.25) is 17.7 Å². The molecule has 234 valence electrons. The Labute approximate surface area is 255 Å². The van der Waals surface area contributed by atoms with E-state index in [0.29, 0.717) is 37.6 Å². The minimum atomic E-state index is -1.35. The Hall–Kier alpha value is -3.17. The molecule has 1 spiro atoms. The highest BCUT2D eigenvalue weighted by molar-refractivity contribution is 6.04. The molecule has 1 N–H and O–H groups in total. The SMILES string of the molecule is CCCC(C)N1CC=C[C@]23O[C@]4(C)C=CCN(c5ccc(OCC)cc5)C(=O)[C@@H]4[C@H]2C(=O)N([C@@H](CO)CC(C)C)C3C1=O. The van der Waals surface area contributed by atoms with Crippen LogP contribution in [0.1, 0.15) is 60.8 Å². The van der Waals surface area contributed by atoms with Crippen molar-refractivity contribution in [3.05, 3.63) is 48.6 Å². The highest BCUT2D eigenvalue weighted by atomic mass is 16.5. The maximum absolute atomic E-state index is 14.7. The number of anilines is 1. The molecule has 0 aliphatic carbocycles. The number of hydrogen-bond acceptors (Lipinski definition) is 6. The Balaban J connectivity index is 1.61. The van der Waals surface area contributed by atoms with E-state index in [2.05, 4.69) is 6.92 Å². The van der Waals surface area contributed by atoms with Gasteiger partial charge in [-0.3, -0.25) is 14.4 Å². The Morgan fingerprint density at radius 3 is 2.30 bits per heavy atom. The Bertz CT molecular complexity index is 1280. The third-order valence-electron chi connectivity index (χ3n) is 9.57. The van der Waals surface area contributed by atoms with Gasteiger partial charge < -0.3 is 29.3 Å². The standard InChI is InChI=1S/C34H47N3O6/c1-7-11-23(5)35-18-10-17-34-28(31(40)37(29(34)32(35)41)25(21-38)20-22(3)4)27-30(39)36(19-9-16-33(27,6)43-34)24-12-14-26(15-13-24)42-8-2/h9-10,12-17,22-23,25,27-29,38H,7-8,11,18-21H2,1-6H3/t23?,25-,27+,28+,29?,33-,34+/m1/s1. The lowest BCUT2D eigenvalue weighted by atomic mass is 9.74. The van der Waals surface area contributed by atoms with E-state index < -0.39 is 35.1 Å². The molecule has 2 saturated heterocycles. The van der Waals surface area contributed by atoms with E-state index in [0.717, 1.165) is 12.8 Å². The van der Waals surface area contributed by atoms with Gasteiger partial charge in [-0.25, -0.2) is 0 Å². The van der Waals surface area contributed by atoms with E-state index in [9.17, 15) is 19.5 Å². The molecule has 0 saturated carbocycles. The van der Waals surface area contributed by atoms with Crippen molar-refractivity contribution >= 4 is 23.4 Å². The molecule has 4 aliphatic rings. The number of fused-ring (bicyclic) bond motifs is 2. The molecule has 4 heterocycles. The fraction of sp³-hybridized carbons (Fsp3) is 0.618. The average Bonchev–Trinajstić information content (AvgIpc) is 3.24. The highest BCUT2D eigenvalue weighted by Gasteiger charge is 2.75. The average molecular weight is 594 g/mol. The van der Waals surface area contributed by atoms with Gasteiger partial charge in [0.05, 0.1) is 36.7 Å². The second-order valence-corrected chi connectivity index (χ2v) is 13.0. The molecule has 7 atom stereocenters. The molecule has 0 aromatic heterocycles. The number of aliphatic hydroxyl groups excluding tert-OH is 1. The first kappa shape index (κ1) is 31.3. The van der Waals surface area contributed by atoms with E-state index in [1.165, 1.54) is 0 Å². The van der Waals surface area contributed by atoms with Crippen LogP contribution in [0.3, 0.4) is 0 Å². The van der Waals surface area contributed by atoms with E-state index in [-0.39, 0.29) is 36.3 Å². The molecule has 0 bridgehead atoms. The van der Waals surface area contributed by atoms with Gasteiger partial charge in [0.25, 0.3) is 0 Å². The van der Waals surface area contributed by atoms with Crippen LogP contribution < -0.4 is 9.64 Å². The lowest BCUT2D eigenvalue weighted by Crippen LogP contribution is -2.59. The molecule has 1 aromatic carbocycles. The van der Waals surface area contributed by atoms with Gasteiger partial charge in [0.1, 0.15) is 17.4 Å². The van der Waals surface area contributed by atoms with Crippen LogP contribution in [0.25, 0.3) is 0 Å². The Morgan fingerprint density at radius 2 is 1.67 bits per heavy atom. The van der Waals surface area contributed by atoms with Crippen LogP contribution in [0.5, 0.6) is 5.75 Å². The predicted molar refractivity (Wildman–Crippen MR) is 164 cm³/mol. The van der Waals surface area contributed by atoms with Crippen LogP contribution in [0.2, 0.25) is 0 Å². The molecule has 4 aliphatic heterocycles. The van der Waals surface area contributed by atoms with Gasteiger partial charge in [0.15, 0.2) is 0 Å². The van der Waals surface area contributed by atoms with Crippen molar-refractivity contribution in [2.75, 3.05) is 31.2 Å². The molecule has 43 heavy (non-hydrogen) atoms. The summed E-state index contributed by atoms with van der Waals surface area (Å²) in [4.78, 5) is 49.0. The molecular weight excluding hydrogens is 546 g/mol. The summed E-state index contributed by atoms with van der Waals surface area (Å²) in [6, 6.07) is 5.77. The van der Waals surface area contributed by atoms with Crippen molar-refractivity contribution in [1.82, 2.24) is 9.80 Å². The van der Waals surface area contributed by atoms with Gasteiger partial charge in [-0.05, 0) is 63.8 Å². The number of benzene rings is 1. The number of aliphatic hydroxyl groups is 1. The van der Waals surface area contributed by atoms with Crippen LogP contribution in [0, 0.1) is 17.8 Å². The molecule has 2 fully saturated rings. The minimum absolute atomic E-state index is 0.0369. The summed E-state index contributed by atoms with van der Waals surface area (Å²) in [6.45, 7) is 12.9. The number of ether oxygens (including phenoxy) is 2. The summed E-state index contributed by atoms with van der Waals surface area (Å²) < 4.78 is 12.6. The Kier molecular flexibility index (Phi) is 8.78. The fourth-order valence-electron chi connectivity index (χ4n) is 7.78. The van der Waals surface area contributed by atoms with Crippen molar-refractivity contribution in [3.63, 3.8) is 0 Å². The molecule has 0 radical (unpaired) electrons. The second kappa shape index (κ2) is 12.1. The third kappa shape index (κ3) is 5.18. The van der Waals surface area contributed by atoms with Crippen molar-refractivity contribution in [1.29, 1.82) is 0 Å². The summed E-state index contributed by atoms with van der Waals surface area (Å²) in [6.07, 6.45) is 9.88. The van der Waals surface area contributed by atoms with E-state index in [1.807, 2.05) is 88.1 Å². The largest absolute Gasteiger partial charge is 0.494 e. The topological polar surface area (TPSA) is 99.6 Å². The monoisotopic (exact) mass is 593 g/mol. The summed E-state index contributed by atoms with van der Waals surface area (Å²) in [5.74, 6) is -1.62. The van der Waals surface area contributed by atoms with Crippen LogP contribution in [0.4, 0.5) is 5.69 Å². The van der Waals surface area contributed by atoms with Gasteiger partial charge in [-0.2, -0.15) is 0 Å². The first-order chi connectivity index (χ1) is 20.5. The molecular formula is C34H47N3O6. The number of carbonyl (C=O) groups excluding carboxylic acids is 3. The Morgan fingerprint density at radius 1 is 0.977 bits per heavy atom. The van der Waals surface area contributed by atoms with E-state index in [4.69, 9.17) is 9.47 Å². The number of amides is 3. The van der Waals surface area contributed by atoms with Crippen molar-refractivity contribution in [2.45, 2.75) is 90.1 Å². The number of likely N-dealkylation sites (tertiary alicyclic amines) is 1. The summed E-state index contributed by atoms with van der Waals surface area (Å²) in [7, 11) is 0. The van der Waals surface area contributed by atoms with Crippen molar-refractivity contribution in [3.8, 4) is 5.75 Å². The zero-order valence-electron chi connectivity index (χ0n) is 26.4. The molecule has 1 aromatic rings. The van der Waals surface area contributed by atoms with E-state index in [1.54, 1.807) is 9.80 Å². The zero-order valence-corrected chi connectivity index (χ0v) is 26.4. The number of carbonyl (C=O) groups is 3. The molecule has 3 amide bonds. The normalized spacial score (nSPS) is 31.6. The van der Waals surface area contributed by atoms with Crippen LogP contribution in [-0.4, -0.2) is 88.3 Å². The maximum Gasteiger partial charge on any atom is 0.249 e. The van der Waals surface area contributed by atoms with Crippen LogP contribution in [0.15, 0.2) is 48.6 Å². The van der Waals surface area contributed by atoms with Crippen LogP contribution >= 0.6 is 0 Å². The molecule has 2 unspecified atom stereocenters.